The minimum atomic E-state index is -0.514. The van der Waals surface area contributed by atoms with E-state index in [-0.39, 0.29) is 6.04 Å². The van der Waals surface area contributed by atoms with Crippen molar-refractivity contribution in [3.8, 4) is 0 Å². The third-order valence-corrected chi connectivity index (χ3v) is 3.39. The maximum atomic E-state index is 9.91. The molecule has 0 saturated carbocycles. The summed E-state index contributed by atoms with van der Waals surface area (Å²) in [6.45, 7) is 6.05. The lowest BCUT2D eigenvalue weighted by Crippen LogP contribution is -2.33. The highest BCUT2D eigenvalue weighted by atomic mass is 32.1. The van der Waals surface area contributed by atoms with Crippen LogP contribution in [-0.2, 0) is 0 Å². The minimum absolute atomic E-state index is 0.169. The second-order valence-electron chi connectivity index (χ2n) is 3.73. The van der Waals surface area contributed by atoms with Crippen LogP contribution in [0.4, 0.5) is 0 Å². The van der Waals surface area contributed by atoms with Crippen molar-refractivity contribution in [2.45, 2.75) is 32.9 Å². The van der Waals surface area contributed by atoms with E-state index in [2.05, 4.69) is 0 Å². The molecule has 1 heterocycles. The number of nitrogens with two attached hydrogens (primary N) is 1. The van der Waals surface area contributed by atoms with E-state index in [1.54, 1.807) is 11.3 Å². The molecule has 0 fully saturated rings. The van der Waals surface area contributed by atoms with Crippen molar-refractivity contribution in [2.75, 3.05) is 0 Å². The van der Waals surface area contributed by atoms with Gasteiger partial charge in [0, 0.05) is 10.9 Å². The number of hydrogen-bond acceptors (Lipinski definition) is 3. The Bertz CT molecular complexity index is 270. The summed E-state index contributed by atoms with van der Waals surface area (Å²) in [5, 5.41) is 11.9. The van der Waals surface area contributed by atoms with Gasteiger partial charge in [0.25, 0.3) is 0 Å². The first-order chi connectivity index (χ1) is 6.04. The maximum Gasteiger partial charge on any atom is 0.104 e. The number of aliphatic hydroxyl groups excluding tert-OH is 1. The first kappa shape index (κ1) is 10.7. The summed E-state index contributed by atoms with van der Waals surface area (Å²) < 4.78 is 0. The van der Waals surface area contributed by atoms with Gasteiger partial charge in [0.1, 0.15) is 6.10 Å². The molecule has 0 aliphatic heterocycles. The lowest BCUT2D eigenvalue weighted by atomic mass is 9.97. The lowest BCUT2D eigenvalue weighted by Gasteiger charge is -2.21. The molecule has 0 aromatic carbocycles. The van der Waals surface area contributed by atoms with Gasteiger partial charge in [-0.25, -0.2) is 0 Å². The van der Waals surface area contributed by atoms with E-state index in [0.29, 0.717) is 5.92 Å². The molecule has 0 radical (unpaired) electrons. The van der Waals surface area contributed by atoms with Crippen LogP contribution in [0.1, 0.15) is 30.4 Å². The fourth-order valence-electron chi connectivity index (χ4n) is 1.23. The molecule has 0 aliphatic rings. The van der Waals surface area contributed by atoms with Crippen molar-refractivity contribution in [3.05, 3.63) is 21.9 Å². The fraction of sp³-hybridized carbons (Fsp3) is 0.600. The molecule has 0 unspecified atom stereocenters. The Hall–Kier alpha value is -0.380. The van der Waals surface area contributed by atoms with Gasteiger partial charge in [-0.2, -0.15) is 0 Å². The summed E-state index contributed by atoms with van der Waals surface area (Å²) in [5.41, 5.74) is 7.01. The summed E-state index contributed by atoms with van der Waals surface area (Å²) in [4.78, 5) is 1.00. The first-order valence-corrected chi connectivity index (χ1v) is 5.39. The van der Waals surface area contributed by atoms with Gasteiger partial charge in [-0.3, -0.25) is 0 Å². The van der Waals surface area contributed by atoms with Gasteiger partial charge < -0.3 is 10.8 Å². The molecule has 0 spiro atoms. The second-order valence-corrected chi connectivity index (χ2v) is 4.68. The Balaban J connectivity index is 2.79. The van der Waals surface area contributed by atoms with Crippen molar-refractivity contribution in [2.24, 2.45) is 11.7 Å². The topological polar surface area (TPSA) is 46.2 Å². The molecule has 2 atom stereocenters. The summed E-state index contributed by atoms with van der Waals surface area (Å²) in [5.74, 6) is 0.302. The zero-order chi connectivity index (χ0) is 10.0. The highest BCUT2D eigenvalue weighted by Gasteiger charge is 2.22. The molecule has 1 rings (SSSR count). The minimum Gasteiger partial charge on any atom is -0.386 e. The molecular weight excluding hydrogens is 182 g/mol. The Kier molecular flexibility index (Phi) is 3.47. The first-order valence-electron chi connectivity index (χ1n) is 4.51. The van der Waals surface area contributed by atoms with Crippen LogP contribution in [-0.4, -0.2) is 11.1 Å². The monoisotopic (exact) mass is 199 g/mol. The molecule has 0 saturated heterocycles. The van der Waals surface area contributed by atoms with E-state index in [1.165, 1.54) is 0 Å². The van der Waals surface area contributed by atoms with Gasteiger partial charge in [-0.15, -0.1) is 11.3 Å². The summed E-state index contributed by atoms with van der Waals surface area (Å²) in [6.07, 6.45) is -0.514. The highest BCUT2D eigenvalue weighted by Crippen LogP contribution is 2.27. The molecule has 1 aromatic rings. The Morgan fingerprint density at radius 2 is 2.08 bits per heavy atom. The van der Waals surface area contributed by atoms with Gasteiger partial charge >= 0.3 is 0 Å². The third kappa shape index (κ3) is 2.30. The van der Waals surface area contributed by atoms with E-state index < -0.39 is 6.10 Å². The molecule has 74 valence electrons. The zero-order valence-electron chi connectivity index (χ0n) is 8.32. The fourth-order valence-corrected chi connectivity index (χ4v) is 2.20. The van der Waals surface area contributed by atoms with Crippen LogP contribution in [0.5, 0.6) is 0 Å². The van der Waals surface area contributed by atoms with Crippen LogP contribution in [0, 0.1) is 12.8 Å². The maximum absolute atomic E-state index is 9.91. The molecule has 0 amide bonds. The highest BCUT2D eigenvalue weighted by molar-refractivity contribution is 7.10. The number of hydrogen-bond donors (Lipinski definition) is 2. The predicted octanol–water partition coefficient (Wildman–Crippen LogP) is 2.07. The average molecular weight is 199 g/mol. The van der Waals surface area contributed by atoms with Crippen LogP contribution < -0.4 is 5.73 Å². The number of thiophene rings is 1. The third-order valence-electron chi connectivity index (χ3n) is 2.30. The van der Waals surface area contributed by atoms with Crippen molar-refractivity contribution < 1.29 is 5.11 Å². The van der Waals surface area contributed by atoms with Crippen LogP contribution >= 0.6 is 11.3 Å². The quantitative estimate of drug-likeness (QED) is 0.783. The Morgan fingerprint density at radius 3 is 2.46 bits per heavy atom. The zero-order valence-corrected chi connectivity index (χ0v) is 9.14. The van der Waals surface area contributed by atoms with Crippen molar-refractivity contribution in [3.63, 3.8) is 0 Å². The van der Waals surface area contributed by atoms with Gasteiger partial charge in [-0.1, -0.05) is 13.8 Å². The second kappa shape index (κ2) is 4.22. The predicted molar refractivity (Wildman–Crippen MR) is 56.8 cm³/mol. The Morgan fingerprint density at radius 1 is 1.46 bits per heavy atom. The van der Waals surface area contributed by atoms with Crippen LogP contribution in [0.25, 0.3) is 0 Å². The normalized spacial score (nSPS) is 16.2. The molecule has 0 aliphatic carbocycles. The van der Waals surface area contributed by atoms with Crippen molar-refractivity contribution in [1.82, 2.24) is 0 Å². The Labute approximate surface area is 83.4 Å². The molecule has 3 N–H and O–H groups in total. The summed E-state index contributed by atoms with van der Waals surface area (Å²) in [7, 11) is 0. The standard InChI is InChI=1S/C10H17NOS/c1-6(2)8(11)9(12)10-7(3)4-5-13-10/h4-6,8-9,12H,11H2,1-3H3/t8-,9+/m1/s1. The van der Waals surface area contributed by atoms with E-state index in [4.69, 9.17) is 5.73 Å². The largest absolute Gasteiger partial charge is 0.386 e. The van der Waals surface area contributed by atoms with E-state index in [0.717, 1.165) is 10.4 Å². The number of aryl methyl sites for hydroxylation is 1. The lowest BCUT2D eigenvalue weighted by molar-refractivity contribution is 0.128. The van der Waals surface area contributed by atoms with Crippen LogP contribution in [0.2, 0.25) is 0 Å². The van der Waals surface area contributed by atoms with Crippen molar-refractivity contribution >= 4 is 11.3 Å². The molecular formula is C10H17NOS. The molecule has 3 heteroatoms. The summed E-state index contributed by atoms with van der Waals surface area (Å²) in [6, 6.07) is 1.84. The SMILES string of the molecule is Cc1ccsc1[C@@H](O)[C@H](N)C(C)C. The molecule has 13 heavy (non-hydrogen) atoms. The molecule has 1 aromatic heterocycles. The van der Waals surface area contributed by atoms with E-state index >= 15 is 0 Å². The van der Waals surface area contributed by atoms with Crippen molar-refractivity contribution in [1.29, 1.82) is 0 Å². The number of rotatable bonds is 3. The smallest absolute Gasteiger partial charge is 0.104 e. The van der Waals surface area contributed by atoms with Gasteiger partial charge in [-0.05, 0) is 29.9 Å². The molecule has 2 nitrogen and oxygen atoms in total. The number of aliphatic hydroxyl groups is 1. The van der Waals surface area contributed by atoms with E-state index in [1.807, 2.05) is 32.2 Å². The van der Waals surface area contributed by atoms with Crippen LogP contribution in [0.3, 0.4) is 0 Å². The van der Waals surface area contributed by atoms with Gasteiger partial charge in [0.2, 0.25) is 0 Å². The molecule has 0 bridgehead atoms. The summed E-state index contributed by atoms with van der Waals surface area (Å²) >= 11 is 1.57. The van der Waals surface area contributed by atoms with Crippen LogP contribution in [0.15, 0.2) is 11.4 Å². The van der Waals surface area contributed by atoms with E-state index in [9.17, 15) is 5.11 Å². The van der Waals surface area contributed by atoms with Gasteiger partial charge in [0.15, 0.2) is 0 Å². The van der Waals surface area contributed by atoms with Gasteiger partial charge in [0.05, 0.1) is 0 Å². The average Bonchev–Trinajstić information content (AvgIpc) is 2.48.